The van der Waals surface area contributed by atoms with Gasteiger partial charge in [0.2, 0.25) is 5.91 Å². The smallest absolute Gasteiger partial charge is 0.236 e. The minimum Gasteiger partial charge on any atom is -0.387 e. The quantitative estimate of drug-likeness (QED) is 0.899. The molecule has 1 aromatic carbocycles. The number of halogens is 1. The van der Waals surface area contributed by atoms with E-state index in [9.17, 15) is 9.90 Å². The van der Waals surface area contributed by atoms with E-state index in [1.807, 2.05) is 19.1 Å². The van der Waals surface area contributed by atoms with Gasteiger partial charge in [-0.1, -0.05) is 29.8 Å². The fourth-order valence-corrected chi connectivity index (χ4v) is 3.68. The van der Waals surface area contributed by atoms with Crippen molar-refractivity contribution in [3.8, 4) is 0 Å². The third-order valence-electron chi connectivity index (χ3n) is 3.42. The zero-order valence-corrected chi connectivity index (χ0v) is 12.4. The highest BCUT2D eigenvalue weighted by Crippen LogP contribution is 2.37. The Morgan fingerprint density at radius 1 is 1.58 bits per heavy atom. The van der Waals surface area contributed by atoms with Crippen LogP contribution in [0, 0.1) is 0 Å². The second kappa shape index (κ2) is 6.16. The third kappa shape index (κ3) is 3.44. The van der Waals surface area contributed by atoms with Crippen LogP contribution in [-0.2, 0) is 4.79 Å². The Kier molecular flexibility index (Phi) is 4.76. The average molecular weight is 300 g/mol. The van der Waals surface area contributed by atoms with Gasteiger partial charge in [0, 0.05) is 17.1 Å². The van der Waals surface area contributed by atoms with Crippen LogP contribution >= 0.6 is 23.4 Å². The van der Waals surface area contributed by atoms with E-state index in [1.165, 1.54) is 0 Å². The monoisotopic (exact) mass is 299 g/mol. The van der Waals surface area contributed by atoms with E-state index in [1.54, 1.807) is 23.9 Å². The topological polar surface area (TPSA) is 49.3 Å². The lowest BCUT2D eigenvalue weighted by Gasteiger charge is -2.22. The number of carbonyl (C=O) groups excluding carboxylic acids is 1. The first-order chi connectivity index (χ1) is 9.03. The molecule has 1 heterocycles. The third-order valence-corrected chi connectivity index (χ3v) is 5.28. The average Bonchev–Trinajstić information content (AvgIpc) is 2.84. The molecular weight excluding hydrogens is 282 g/mol. The van der Waals surface area contributed by atoms with E-state index in [0.717, 1.165) is 18.6 Å². The minimum atomic E-state index is -0.771. The van der Waals surface area contributed by atoms with Crippen LogP contribution in [0.25, 0.3) is 0 Å². The normalized spacial score (nSPS) is 24.2. The Morgan fingerprint density at radius 2 is 2.32 bits per heavy atom. The molecule has 0 bridgehead atoms. The van der Waals surface area contributed by atoms with Gasteiger partial charge >= 0.3 is 0 Å². The molecule has 2 atom stereocenters. The van der Waals surface area contributed by atoms with Crippen molar-refractivity contribution in [2.75, 3.05) is 12.3 Å². The minimum absolute atomic E-state index is 0.00102. The number of aliphatic hydroxyl groups excluding tert-OH is 1. The number of thioether (sulfide) groups is 1. The lowest BCUT2D eigenvalue weighted by molar-refractivity contribution is -0.123. The Labute approximate surface area is 122 Å². The van der Waals surface area contributed by atoms with Gasteiger partial charge in [-0.2, -0.15) is 0 Å². The summed E-state index contributed by atoms with van der Waals surface area (Å²) in [6, 6.07) is 7.13. The first kappa shape index (κ1) is 14.7. The number of benzene rings is 1. The van der Waals surface area contributed by atoms with Crippen molar-refractivity contribution in [2.24, 2.45) is 0 Å². The number of carbonyl (C=O) groups is 1. The molecule has 1 amide bonds. The highest BCUT2D eigenvalue weighted by molar-refractivity contribution is 8.01. The summed E-state index contributed by atoms with van der Waals surface area (Å²) < 4.78 is -0.347. The number of nitrogens with one attached hydrogen (secondary N) is 1. The zero-order valence-electron chi connectivity index (χ0n) is 10.9. The molecule has 1 fully saturated rings. The molecule has 0 spiro atoms. The van der Waals surface area contributed by atoms with Crippen molar-refractivity contribution >= 4 is 29.3 Å². The largest absolute Gasteiger partial charge is 0.387 e. The molecule has 0 radical (unpaired) electrons. The molecule has 2 unspecified atom stereocenters. The van der Waals surface area contributed by atoms with E-state index in [2.05, 4.69) is 5.32 Å². The Balaban J connectivity index is 1.92. The van der Waals surface area contributed by atoms with Crippen LogP contribution in [0.15, 0.2) is 24.3 Å². The van der Waals surface area contributed by atoms with Gasteiger partial charge in [-0.05, 0) is 31.6 Å². The van der Waals surface area contributed by atoms with Gasteiger partial charge in [0.15, 0.2) is 0 Å². The van der Waals surface area contributed by atoms with E-state index in [4.69, 9.17) is 11.6 Å². The lowest BCUT2D eigenvalue weighted by Crippen LogP contribution is -2.42. The number of amides is 1. The van der Waals surface area contributed by atoms with Gasteiger partial charge < -0.3 is 10.4 Å². The van der Waals surface area contributed by atoms with Gasteiger partial charge in [0.25, 0.3) is 0 Å². The summed E-state index contributed by atoms with van der Waals surface area (Å²) in [7, 11) is 0. The molecule has 2 N–H and O–H groups in total. The van der Waals surface area contributed by atoms with Gasteiger partial charge in [-0.25, -0.2) is 0 Å². The van der Waals surface area contributed by atoms with Crippen LogP contribution < -0.4 is 5.32 Å². The molecule has 5 heteroatoms. The molecule has 1 aliphatic rings. The molecule has 1 saturated heterocycles. The van der Waals surface area contributed by atoms with Crippen LogP contribution in [0.5, 0.6) is 0 Å². The SMILES string of the molecule is CC1(C(=O)NCC(O)c2ccccc2Cl)CCCS1. The van der Waals surface area contributed by atoms with Gasteiger partial charge in [-0.15, -0.1) is 11.8 Å². The van der Waals surface area contributed by atoms with Crippen LogP contribution in [0.4, 0.5) is 0 Å². The highest BCUT2D eigenvalue weighted by Gasteiger charge is 2.37. The zero-order chi connectivity index (χ0) is 13.9. The molecule has 2 rings (SSSR count). The van der Waals surface area contributed by atoms with E-state index in [-0.39, 0.29) is 17.2 Å². The summed E-state index contributed by atoms with van der Waals surface area (Å²) in [5, 5.41) is 13.4. The van der Waals surface area contributed by atoms with E-state index in [0.29, 0.717) is 10.6 Å². The first-order valence-electron chi connectivity index (χ1n) is 6.38. The van der Waals surface area contributed by atoms with Crippen molar-refractivity contribution in [2.45, 2.75) is 30.6 Å². The summed E-state index contributed by atoms with van der Waals surface area (Å²) in [4.78, 5) is 12.1. The maximum Gasteiger partial charge on any atom is 0.236 e. The second-order valence-corrected chi connectivity index (χ2v) is 6.94. The molecule has 1 aromatic rings. The van der Waals surface area contributed by atoms with E-state index < -0.39 is 6.10 Å². The van der Waals surface area contributed by atoms with Crippen molar-refractivity contribution in [1.29, 1.82) is 0 Å². The Morgan fingerprint density at radius 3 is 2.95 bits per heavy atom. The second-order valence-electron chi connectivity index (χ2n) is 4.93. The number of hydrogen-bond acceptors (Lipinski definition) is 3. The van der Waals surface area contributed by atoms with Crippen LogP contribution in [0.1, 0.15) is 31.4 Å². The standard InChI is InChI=1S/C14H18ClNO2S/c1-14(7-4-8-19-14)13(18)16-9-12(17)10-5-2-3-6-11(10)15/h2-3,5-6,12,17H,4,7-9H2,1H3,(H,16,18). The molecule has 19 heavy (non-hydrogen) atoms. The number of rotatable bonds is 4. The maximum atomic E-state index is 12.1. The van der Waals surface area contributed by atoms with Gasteiger partial charge in [0.05, 0.1) is 10.9 Å². The fourth-order valence-electron chi connectivity index (χ4n) is 2.19. The van der Waals surface area contributed by atoms with Crippen molar-refractivity contribution in [3.05, 3.63) is 34.9 Å². The summed E-state index contributed by atoms with van der Waals surface area (Å²) in [6.07, 6.45) is 1.19. The van der Waals surface area contributed by atoms with Crippen LogP contribution in [-0.4, -0.2) is 28.1 Å². The highest BCUT2D eigenvalue weighted by atomic mass is 35.5. The molecule has 0 aromatic heterocycles. The van der Waals surface area contributed by atoms with Crippen LogP contribution in [0.3, 0.4) is 0 Å². The maximum absolute atomic E-state index is 12.1. The van der Waals surface area contributed by atoms with E-state index >= 15 is 0 Å². The Hall–Kier alpha value is -0.710. The summed E-state index contributed by atoms with van der Waals surface area (Å²) >= 11 is 7.70. The molecule has 1 aliphatic heterocycles. The summed E-state index contributed by atoms with van der Waals surface area (Å²) in [6.45, 7) is 2.15. The Bertz CT molecular complexity index is 461. The number of hydrogen-bond donors (Lipinski definition) is 2. The number of aliphatic hydroxyl groups is 1. The molecule has 0 saturated carbocycles. The first-order valence-corrected chi connectivity index (χ1v) is 7.74. The van der Waals surface area contributed by atoms with Gasteiger partial charge in [0.1, 0.15) is 0 Å². The predicted molar refractivity (Wildman–Crippen MR) is 79.5 cm³/mol. The molecular formula is C14H18ClNO2S. The molecule has 3 nitrogen and oxygen atoms in total. The van der Waals surface area contributed by atoms with Gasteiger partial charge in [-0.3, -0.25) is 4.79 Å². The summed E-state index contributed by atoms with van der Waals surface area (Å²) in [5.41, 5.74) is 0.647. The van der Waals surface area contributed by atoms with Crippen molar-refractivity contribution < 1.29 is 9.90 Å². The predicted octanol–water partition coefficient (Wildman–Crippen LogP) is 2.78. The molecule has 0 aliphatic carbocycles. The fraction of sp³-hybridized carbons (Fsp3) is 0.500. The van der Waals surface area contributed by atoms with Crippen molar-refractivity contribution in [3.63, 3.8) is 0 Å². The van der Waals surface area contributed by atoms with Crippen molar-refractivity contribution in [1.82, 2.24) is 5.32 Å². The lowest BCUT2D eigenvalue weighted by atomic mass is 10.0. The molecule has 104 valence electrons. The van der Waals surface area contributed by atoms with Crippen LogP contribution in [0.2, 0.25) is 5.02 Å². The summed E-state index contributed by atoms with van der Waals surface area (Å²) in [5.74, 6) is 1.03.